The summed E-state index contributed by atoms with van der Waals surface area (Å²) in [4.78, 5) is 24.3. The van der Waals surface area contributed by atoms with Crippen LogP contribution in [-0.4, -0.2) is 66.9 Å². The van der Waals surface area contributed by atoms with E-state index in [1.165, 1.54) is 10.9 Å². The van der Waals surface area contributed by atoms with Gasteiger partial charge in [-0.25, -0.2) is 9.97 Å². The third kappa shape index (κ3) is 4.12. The number of aryl methyl sites for hydroxylation is 1. The van der Waals surface area contributed by atoms with Crippen LogP contribution in [0.25, 0.3) is 22.2 Å². The molecule has 0 radical (unpaired) electrons. The molecule has 2 aromatic heterocycles. The minimum Gasteiger partial charge on any atom is -0.378 e. The van der Waals surface area contributed by atoms with Gasteiger partial charge in [0.15, 0.2) is 6.29 Å². The Morgan fingerprint density at radius 2 is 1.84 bits per heavy atom. The molecule has 1 aromatic carbocycles. The number of benzene rings is 1. The molecule has 2 aliphatic heterocycles. The van der Waals surface area contributed by atoms with Crippen molar-refractivity contribution in [1.29, 1.82) is 0 Å². The first-order chi connectivity index (χ1) is 15.2. The molecule has 0 unspecified atom stereocenters. The molecule has 0 saturated carbocycles. The number of ether oxygens (including phenoxy) is 3. The molecule has 4 heterocycles. The van der Waals surface area contributed by atoms with E-state index in [2.05, 4.69) is 27.3 Å². The van der Waals surface area contributed by atoms with Crippen LogP contribution in [0.5, 0.6) is 0 Å². The van der Waals surface area contributed by atoms with Gasteiger partial charge in [0.2, 0.25) is 0 Å². The van der Waals surface area contributed by atoms with Gasteiger partial charge < -0.3 is 29.0 Å². The highest BCUT2D eigenvalue weighted by Gasteiger charge is 2.19. The lowest BCUT2D eigenvalue weighted by atomic mass is 10.1. The van der Waals surface area contributed by atoms with Crippen LogP contribution in [-0.2, 0) is 21.3 Å². The highest BCUT2D eigenvalue weighted by molar-refractivity contribution is 5.91. The van der Waals surface area contributed by atoms with Gasteiger partial charge in [-0.1, -0.05) is 12.1 Å². The van der Waals surface area contributed by atoms with Crippen molar-refractivity contribution in [2.45, 2.75) is 6.29 Å². The summed E-state index contributed by atoms with van der Waals surface area (Å²) in [5.41, 5.74) is 3.31. The van der Waals surface area contributed by atoms with Gasteiger partial charge in [0.05, 0.1) is 50.5 Å². The van der Waals surface area contributed by atoms with Gasteiger partial charge >= 0.3 is 0 Å². The Morgan fingerprint density at radius 3 is 2.58 bits per heavy atom. The Balaban J connectivity index is 1.49. The summed E-state index contributed by atoms with van der Waals surface area (Å²) in [6, 6.07) is 10.1. The lowest BCUT2D eigenvalue weighted by Crippen LogP contribution is -2.36. The van der Waals surface area contributed by atoms with E-state index in [4.69, 9.17) is 19.2 Å². The first-order valence-electron chi connectivity index (χ1n) is 10.5. The molecule has 0 bridgehead atoms. The first kappa shape index (κ1) is 19.9. The lowest BCUT2D eigenvalue weighted by molar-refractivity contribution is -0.0299. The molecule has 0 atom stereocenters. The predicted octanol–water partition coefficient (Wildman–Crippen LogP) is 1.62. The normalized spacial score (nSPS) is 17.4. The van der Waals surface area contributed by atoms with E-state index >= 15 is 0 Å². The van der Waals surface area contributed by atoms with Crippen LogP contribution in [0, 0.1) is 0 Å². The minimum atomic E-state index is -0.353. The van der Waals surface area contributed by atoms with Gasteiger partial charge in [0.1, 0.15) is 11.2 Å². The smallest absolute Gasteiger partial charge is 0.264 e. The number of pyridine rings is 1. The van der Waals surface area contributed by atoms with Gasteiger partial charge in [0, 0.05) is 31.4 Å². The van der Waals surface area contributed by atoms with Crippen LogP contribution in [0.15, 0.2) is 41.5 Å². The number of nitrogens with zero attached hydrogens (tertiary/aromatic N) is 4. The summed E-state index contributed by atoms with van der Waals surface area (Å²) in [6.45, 7) is 4.81. The zero-order valence-electron chi connectivity index (χ0n) is 17.4. The van der Waals surface area contributed by atoms with Crippen LogP contribution in [0.4, 0.5) is 11.5 Å². The van der Waals surface area contributed by atoms with Crippen molar-refractivity contribution >= 4 is 22.4 Å². The van der Waals surface area contributed by atoms with Gasteiger partial charge in [-0.2, -0.15) is 0 Å². The summed E-state index contributed by atoms with van der Waals surface area (Å²) >= 11 is 0. The van der Waals surface area contributed by atoms with E-state index in [1.807, 2.05) is 18.2 Å². The number of morpholine rings is 1. The van der Waals surface area contributed by atoms with Crippen LogP contribution < -0.4 is 15.8 Å². The molecule has 9 nitrogen and oxygen atoms in total. The van der Waals surface area contributed by atoms with E-state index < -0.39 is 0 Å². The lowest BCUT2D eigenvalue weighted by Gasteiger charge is -2.28. The van der Waals surface area contributed by atoms with E-state index in [1.54, 1.807) is 7.05 Å². The highest BCUT2D eigenvalue weighted by atomic mass is 16.7. The topological polar surface area (TPSA) is 90.7 Å². The summed E-state index contributed by atoms with van der Waals surface area (Å²) < 4.78 is 17.9. The number of rotatable bonds is 5. The maximum Gasteiger partial charge on any atom is 0.264 e. The van der Waals surface area contributed by atoms with E-state index in [0.29, 0.717) is 36.5 Å². The van der Waals surface area contributed by atoms with Crippen LogP contribution in [0.2, 0.25) is 0 Å². The number of hydrogen-bond donors (Lipinski definition) is 1. The zero-order chi connectivity index (χ0) is 21.2. The highest BCUT2D eigenvalue weighted by Crippen LogP contribution is 2.27. The first-order valence-corrected chi connectivity index (χ1v) is 10.5. The Kier molecular flexibility index (Phi) is 5.54. The molecule has 0 spiro atoms. The number of hydrogen-bond acceptors (Lipinski definition) is 8. The fourth-order valence-electron chi connectivity index (χ4n) is 3.87. The largest absolute Gasteiger partial charge is 0.378 e. The van der Waals surface area contributed by atoms with Crippen molar-refractivity contribution in [3.05, 3.63) is 47.0 Å². The fraction of sp³-hybridized carbons (Fsp3) is 0.409. The molecule has 162 valence electrons. The predicted molar refractivity (Wildman–Crippen MR) is 117 cm³/mol. The van der Waals surface area contributed by atoms with Crippen LogP contribution in [0.1, 0.15) is 0 Å². The minimum absolute atomic E-state index is 0.150. The summed E-state index contributed by atoms with van der Waals surface area (Å²) in [6.07, 6.45) is 1.18. The molecule has 1 N–H and O–H groups in total. The zero-order valence-corrected chi connectivity index (χ0v) is 17.4. The van der Waals surface area contributed by atoms with E-state index in [-0.39, 0.29) is 11.8 Å². The Labute approximate surface area is 179 Å². The molecule has 2 aliphatic rings. The number of nitrogens with one attached hydrogen (secondary N) is 1. The molecular formula is C22H25N5O4. The fourth-order valence-corrected chi connectivity index (χ4v) is 3.87. The van der Waals surface area contributed by atoms with Crippen molar-refractivity contribution in [1.82, 2.24) is 14.5 Å². The second kappa shape index (κ2) is 8.62. The van der Waals surface area contributed by atoms with Gasteiger partial charge in [0.25, 0.3) is 5.56 Å². The quantitative estimate of drug-likeness (QED) is 0.662. The van der Waals surface area contributed by atoms with Gasteiger partial charge in [-0.15, -0.1) is 0 Å². The molecule has 2 fully saturated rings. The van der Waals surface area contributed by atoms with E-state index in [0.717, 1.165) is 43.2 Å². The second-order valence-corrected chi connectivity index (χ2v) is 7.61. The Morgan fingerprint density at radius 1 is 1.10 bits per heavy atom. The van der Waals surface area contributed by atoms with Crippen LogP contribution >= 0.6 is 0 Å². The van der Waals surface area contributed by atoms with Gasteiger partial charge in [-0.3, -0.25) is 4.79 Å². The Bertz CT molecular complexity index is 1120. The number of fused-ring (bicyclic) bond motifs is 1. The number of aromatic nitrogens is 3. The van der Waals surface area contributed by atoms with E-state index in [9.17, 15) is 4.79 Å². The molecule has 5 rings (SSSR count). The third-order valence-corrected chi connectivity index (χ3v) is 5.57. The van der Waals surface area contributed by atoms with Crippen LogP contribution in [0.3, 0.4) is 0 Å². The number of anilines is 2. The van der Waals surface area contributed by atoms with Crippen molar-refractivity contribution in [2.75, 3.05) is 56.3 Å². The average molecular weight is 423 g/mol. The monoisotopic (exact) mass is 423 g/mol. The molecule has 9 heteroatoms. The second-order valence-electron chi connectivity index (χ2n) is 7.61. The summed E-state index contributed by atoms with van der Waals surface area (Å²) in [5.74, 6) is 0.484. The van der Waals surface area contributed by atoms with Crippen molar-refractivity contribution in [3.8, 4) is 11.3 Å². The summed E-state index contributed by atoms with van der Waals surface area (Å²) in [7, 11) is 1.68. The summed E-state index contributed by atoms with van der Waals surface area (Å²) in [5, 5.41) is 3.69. The molecule has 2 saturated heterocycles. The molecule has 0 amide bonds. The molecule has 3 aromatic rings. The Hall–Kier alpha value is -3.01. The molecular weight excluding hydrogens is 398 g/mol. The van der Waals surface area contributed by atoms with Crippen molar-refractivity contribution in [3.63, 3.8) is 0 Å². The maximum absolute atomic E-state index is 12.8. The standard InChI is InChI=1S/C22H25N5O4/c1-26-14-24-18-12-17(15-2-4-16(5-3-15)27-6-8-29-9-7-27)25-21(20(18)22(26)28)23-13-19-30-10-11-31-19/h2-5,12,14,19H,6-11,13H2,1H3,(H,23,25). The molecule has 31 heavy (non-hydrogen) atoms. The van der Waals surface area contributed by atoms with Gasteiger partial charge in [-0.05, 0) is 18.2 Å². The van der Waals surface area contributed by atoms with Crippen molar-refractivity contribution < 1.29 is 14.2 Å². The van der Waals surface area contributed by atoms with Crippen molar-refractivity contribution in [2.24, 2.45) is 7.05 Å². The molecule has 0 aliphatic carbocycles. The third-order valence-electron chi connectivity index (χ3n) is 5.57. The SMILES string of the molecule is Cn1cnc2cc(-c3ccc(N4CCOCC4)cc3)nc(NCC3OCCO3)c2c1=O. The maximum atomic E-state index is 12.8. The average Bonchev–Trinajstić information content (AvgIpc) is 3.34.